The molecule has 0 fully saturated rings. The van der Waals surface area contributed by atoms with Gasteiger partial charge in [-0.05, 0) is 145 Å². The molecule has 0 aliphatic heterocycles. The topological polar surface area (TPSA) is 119 Å². The second-order valence-corrected chi connectivity index (χ2v) is 16.3. The van der Waals surface area contributed by atoms with Crippen molar-refractivity contribution < 1.29 is 47.9 Å². The van der Waals surface area contributed by atoms with Crippen LogP contribution < -0.4 is 28.4 Å². The van der Waals surface area contributed by atoms with Crippen LogP contribution in [-0.4, -0.2) is 51.6 Å². The summed E-state index contributed by atoms with van der Waals surface area (Å²) < 4.78 is 39.7. The lowest BCUT2D eigenvalue weighted by Crippen LogP contribution is -2.02. The molecule has 0 radical (unpaired) electrons. The molecule has 0 unspecified atom stereocenters. The van der Waals surface area contributed by atoms with Gasteiger partial charge < -0.3 is 38.3 Å². The molecule has 0 saturated heterocycles. The second kappa shape index (κ2) is 26.9. The van der Waals surface area contributed by atoms with E-state index in [0.29, 0.717) is 45.7 Å². The summed E-state index contributed by atoms with van der Waals surface area (Å²) in [7, 11) is 4.75. The summed E-state index contributed by atoms with van der Waals surface area (Å²) in [4.78, 5) is 22.2. The Bertz CT molecular complexity index is 2510. The fourth-order valence-electron chi connectivity index (χ4n) is 7.35. The molecule has 1 N–H and O–H groups in total. The molecular weight excluding hydrogens is 845 g/mol. The van der Waals surface area contributed by atoms with E-state index < -0.39 is 5.97 Å². The Morgan fingerprint density at radius 3 is 1.34 bits per heavy atom. The van der Waals surface area contributed by atoms with Crippen molar-refractivity contribution in [3.63, 3.8) is 0 Å². The maximum absolute atomic E-state index is 11.4. The van der Waals surface area contributed by atoms with E-state index in [1.807, 2.05) is 84.9 Å². The fourth-order valence-corrected chi connectivity index (χ4v) is 7.35. The van der Waals surface area contributed by atoms with Crippen LogP contribution in [0.4, 0.5) is 0 Å². The van der Waals surface area contributed by atoms with Crippen LogP contribution in [0.5, 0.6) is 34.5 Å². The van der Waals surface area contributed by atoms with Crippen molar-refractivity contribution in [1.82, 2.24) is 0 Å². The predicted molar refractivity (Wildman–Crippen MR) is 265 cm³/mol. The van der Waals surface area contributed by atoms with Crippen LogP contribution in [0, 0.1) is 13.8 Å². The van der Waals surface area contributed by atoms with Gasteiger partial charge in [-0.1, -0.05) is 87.4 Å². The van der Waals surface area contributed by atoms with E-state index in [0.717, 1.165) is 116 Å². The van der Waals surface area contributed by atoms with Crippen molar-refractivity contribution in [1.29, 1.82) is 0 Å². The Morgan fingerprint density at radius 1 is 0.478 bits per heavy atom. The quantitative estimate of drug-likeness (QED) is 0.0464. The fraction of sp³-hybridized carbons (Fsp3) is 0.333. The molecule has 0 aliphatic carbocycles. The zero-order valence-electron chi connectivity index (χ0n) is 40.2. The predicted octanol–water partition coefficient (Wildman–Crippen LogP) is 13.0. The number of aryl methyl sites for hydroxylation is 4. The van der Waals surface area contributed by atoms with Crippen LogP contribution >= 0.6 is 0 Å². The summed E-state index contributed by atoms with van der Waals surface area (Å²) >= 11 is 0. The number of hydrogen-bond donors (Lipinski definition) is 1. The van der Waals surface area contributed by atoms with Crippen LogP contribution in [0.2, 0.25) is 0 Å². The standard InChI is InChI=1S/C29H34O5.C28H32O5/c1-5-6-16-33-28-14-12-24(31-3)19-27(28)26-13-10-23(17-21(26)2)20-34-25-9-7-8-22(18-25)11-15-29(30)32-4;1-4-5-15-32-27-13-11-23(31-3)18-26(27)25-12-9-22(16-20(25)2)19-33-24-8-6-7-21(17-24)10-14-28(29)30/h7-10,12-14,17-19H,5-6,11,15-16,20H2,1-4H3;6-9,11-13,16-18H,4-5,10,14-15,19H2,1-3H3,(H,29,30). The molecule has 0 heterocycles. The van der Waals surface area contributed by atoms with Gasteiger partial charge in [0.25, 0.3) is 0 Å². The van der Waals surface area contributed by atoms with Crippen LogP contribution in [0.15, 0.2) is 121 Å². The SMILES string of the molecule is CCCCOc1ccc(OC)cc1-c1ccc(COc2cccc(CCC(=O)O)c2)cc1C.CCCCOc1ccc(OC)cc1-c1ccc(COc2cccc(CCC(=O)OC)c2)cc1C. The largest absolute Gasteiger partial charge is 0.497 e. The second-order valence-electron chi connectivity index (χ2n) is 16.3. The van der Waals surface area contributed by atoms with Crippen molar-refractivity contribution in [3.8, 4) is 56.8 Å². The highest BCUT2D eigenvalue weighted by molar-refractivity contribution is 5.76. The first-order valence-corrected chi connectivity index (χ1v) is 23.1. The Balaban J connectivity index is 0.000000251. The van der Waals surface area contributed by atoms with Gasteiger partial charge in [0, 0.05) is 24.0 Å². The molecule has 0 bridgehead atoms. The summed E-state index contributed by atoms with van der Waals surface area (Å²) in [6, 6.07) is 39.9. The molecule has 6 aromatic rings. The first-order chi connectivity index (χ1) is 32.5. The van der Waals surface area contributed by atoms with E-state index in [2.05, 4.69) is 64.1 Å². The number of ether oxygens (including phenoxy) is 7. The number of esters is 1. The smallest absolute Gasteiger partial charge is 0.305 e. The number of unbranched alkanes of at least 4 members (excludes halogenated alkanes) is 2. The number of carbonyl (C=O) groups is 2. The zero-order valence-corrected chi connectivity index (χ0v) is 40.2. The highest BCUT2D eigenvalue weighted by Crippen LogP contribution is 2.38. The number of carboxylic acids is 1. The molecule has 6 aromatic carbocycles. The Kier molecular flexibility index (Phi) is 20.5. The molecule has 67 heavy (non-hydrogen) atoms. The van der Waals surface area contributed by atoms with Crippen molar-refractivity contribution in [3.05, 3.63) is 155 Å². The van der Waals surface area contributed by atoms with Gasteiger partial charge in [-0.3, -0.25) is 9.59 Å². The summed E-state index contributed by atoms with van der Waals surface area (Å²) in [6.07, 6.45) is 5.79. The van der Waals surface area contributed by atoms with Gasteiger partial charge in [-0.2, -0.15) is 0 Å². The van der Waals surface area contributed by atoms with Crippen molar-refractivity contribution in [2.24, 2.45) is 0 Å². The molecular formula is C57H66O10. The summed E-state index contributed by atoms with van der Waals surface area (Å²) in [5.41, 5.74) is 10.7. The molecule has 354 valence electrons. The Labute approximate surface area is 396 Å². The summed E-state index contributed by atoms with van der Waals surface area (Å²) in [5, 5.41) is 8.88. The van der Waals surface area contributed by atoms with E-state index in [9.17, 15) is 9.59 Å². The molecule has 6 rings (SSSR count). The molecule has 0 saturated carbocycles. The molecule has 10 heteroatoms. The zero-order chi connectivity index (χ0) is 48.0. The number of carboxylic acid groups (broad SMARTS) is 1. The minimum Gasteiger partial charge on any atom is -0.497 e. The minimum atomic E-state index is -0.799. The maximum atomic E-state index is 11.4. The van der Waals surface area contributed by atoms with Gasteiger partial charge in [-0.15, -0.1) is 0 Å². The highest BCUT2D eigenvalue weighted by Gasteiger charge is 2.14. The van der Waals surface area contributed by atoms with Crippen LogP contribution in [0.25, 0.3) is 22.3 Å². The van der Waals surface area contributed by atoms with Gasteiger partial charge in [0.15, 0.2) is 0 Å². The molecule has 0 atom stereocenters. The lowest BCUT2D eigenvalue weighted by Gasteiger charge is -2.16. The summed E-state index contributed by atoms with van der Waals surface area (Å²) in [6.45, 7) is 10.8. The third kappa shape index (κ3) is 16.2. The number of carbonyl (C=O) groups excluding carboxylic acids is 1. The number of methoxy groups -OCH3 is 3. The van der Waals surface area contributed by atoms with Gasteiger partial charge in [-0.25, -0.2) is 0 Å². The first-order valence-electron chi connectivity index (χ1n) is 23.1. The molecule has 10 nitrogen and oxygen atoms in total. The van der Waals surface area contributed by atoms with Gasteiger partial charge >= 0.3 is 11.9 Å². The lowest BCUT2D eigenvalue weighted by molar-refractivity contribution is -0.140. The molecule has 0 aliphatic rings. The third-order valence-electron chi connectivity index (χ3n) is 11.1. The maximum Gasteiger partial charge on any atom is 0.305 e. The third-order valence-corrected chi connectivity index (χ3v) is 11.1. The monoisotopic (exact) mass is 910 g/mol. The van der Waals surface area contributed by atoms with Gasteiger partial charge in [0.05, 0.1) is 34.5 Å². The molecule has 0 amide bonds. The normalized spacial score (nSPS) is 10.6. The van der Waals surface area contributed by atoms with Crippen molar-refractivity contribution >= 4 is 11.9 Å². The number of aliphatic carboxylic acids is 1. The molecule has 0 aromatic heterocycles. The van der Waals surface area contributed by atoms with E-state index in [1.54, 1.807) is 14.2 Å². The van der Waals surface area contributed by atoms with Crippen LogP contribution in [0.1, 0.15) is 85.8 Å². The van der Waals surface area contributed by atoms with Crippen LogP contribution in [0.3, 0.4) is 0 Å². The first kappa shape index (κ1) is 51.1. The Morgan fingerprint density at radius 2 is 0.940 bits per heavy atom. The van der Waals surface area contributed by atoms with E-state index in [-0.39, 0.29) is 12.4 Å². The van der Waals surface area contributed by atoms with E-state index in [1.165, 1.54) is 7.11 Å². The number of hydrogen-bond acceptors (Lipinski definition) is 9. The van der Waals surface area contributed by atoms with Crippen molar-refractivity contribution in [2.75, 3.05) is 34.5 Å². The number of rotatable bonds is 24. The highest BCUT2D eigenvalue weighted by atomic mass is 16.5. The minimum absolute atomic E-state index is 0.110. The average Bonchev–Trinajstić information content (AvgIpc) is 3.34. The van der Waals surface area contributed by atoms with Crippen molar-refractivity contribution in [2.45, 2.75) is 92.3 Å². The molecule has 0 spiro atoms. The number of benzene rings is 6. The van der Waals surface area contributed by atoms with Gasteiger partial charge in [0.1, 0.15) is 47.7 Å². The van der Waals surface area contributed by atoms with E-state index >= 15 is 0 Å². The van der Waals surface area contributed by atoms with Crippen LogP contribution in [-0.2, 0) is 40.4 Å². The average molecular weight is 911 g/mol. The Hall–Kier alpha value is -6.94. The summed E-state index contributed by atoms with van der Waals surface area (Å²) in [5.74, 6) is 3.82. The van der Waals surface area contributed by atoms with E-state index in [4.69, 9.17) is 38.3 Å². The van der Waals surface area contributed by atoms with Gasteiger partial charge in [0.2, 0.25) is 0 Å². The lowest BCUT2D eigenvalue weighted by atomic mass is 9.97.